The molecule has 1 N–H and O–H groups in total. The van der Waals surface area contributed by atoms with Crippen LogP contribution in [0.1, 0.15) is 162 Å². The summed E-state index contributed by atoms with van der Waals surface area (Å²) in [4.78, 5) is 35.5. The highest BCUT2D eigenvalue weighted by atomic mass is 31.2. The van der Waals surface area contributed by atoms with Gasteiger partial charge in [-0.15, -0.1) is 0 Å². The monoisotopic (exact) mass is 899 g/mol. The Balaban J connectivity index is 4.47. The minimum atomic E-state index is -4.41. The Bertz CT molecular complexity index is 1430. The van der Waals surface area contributed by atoms with E-state index in [-0.39, 0.29) is 26.1 Å². The number of carbonyl (C=O) groups is 2. The van der Waals surface area contributed by atoms with Crippen molar-refractivity contribution in [3.8, 4) is 0 Å². The molecule has 0 aromatic rings. The van der Waals surface area contributed by atoms with Crippen LogP contribution < -0.4 is 0 Å². The molecule has 0 saturated carbocycles. The molecule has 10 heteroatoms. The van der Waals surface area contributed by atoms with Crippen molar-refractivity contribution in [1.82, 2.24) is 0 Å². The van der Waals surface area contributed by atoms with Crippen LogP contribution >= 0.6 is 7.82 Å². The zero-order chi connectivity index (χ0) is 46.4. The smallest absolute Gasteiger partial charge is 0.462 e. The predicted molar refractivity (Wildman–Crippen MR) is 265 cm³/mol. The van der Waals surface area contributed by atoms with E-state index in [9.17, 15) is 19.0 Å². The number of unbranched alkanes of at least 4 members (excludes halogenated alkanes) is 10. The molecular formula is C53H89NO8P+. The lowest BCUT2D eigenvalue weighted by Gasteiger charge is -2.24. The maximum atomic E-state index is 12.7. The van der Waals surface area contributed by atoms with Gasteiger partial charge in [0, 0.05) is 12.8 Å². The fourth-order valence-electron chi connectivity index (χ4n) is 5.80. The number of nitrogens with zero attached hydrogens (tertiary/aromatic N) is 1. The molecule has 0 spiro atoms. The molecule has 0 saturated heterocycles. The van der Waals surface area contributed by atoms with Crippen LogP contribution in [0, 0.1) is 0 Å². The van der Waals surface area contributed by atoms with Crippen molar-refractivity contribution in [2.45, 2.75) is 168 Å². The van der Waals surface area contributed by atoms with Crippen molar-refractivity contribution in [1.29, 1.82) is 0 Å². The van der Waals surface area contributed by atoms with E-state index >= 15 is 0 Å². The second kappa shape index (κ2) is 43.9. The average molecular weight is 899 g/mol. The highest BCUT2D eigenvalue weighted by molar-refractivity contribution is 7.47. The van der Waals surface area contributed by atoms with Gasteiger partial charge in [0.2, 0.25) is 0 Å². The third-order valence-electron chi connectivity index (χ3n) is 9.54. The third kappa shape index (κ3) is 48.0. The molecule has 0 heterocycles. The molecule has 0 amide bonds. The van der Waals surface area contributed by atoms with Gasteiger partial charge < -0.3 is 18.9 Å². The maximum absolute atomic E-state index is 12.7. The van der Waals surface area contributed by atoms with Crippen LogP contribution in [0.2, 0.25) is 0 Å². The van der Waals surface area contributed by atoms with Crippen LogP contribution in [-0.2, 0) is 32.7 Å². The van der Waals surface area contributed by atoms with Gasteiger partial charge in [-0.2, -0.15) is 0 Å². The highest BCUT2D eigenvalue weighted by Crippen LogP contribution is 2.43. The Morgan fingerprint density at radius 3 is 1.40 bits per heavy atom. The Morgan fingerprint density at radius 2 is 0.921 bits per heavy atom. The van der Waals surface area contributed by atoms with Gasteiger partial charge in [-0.3, -0.25) is 18.6 Å². The lowest BCUT2D eigenvalue weighted by molar-refractivity contribution is -0.870. The molecule has 0 radical (unpaired) electrons. The van der Waals surface area contributed by atoms with Gasteiger partial charge in [0.15, 0.2) is 6.10 Å². The molecule has 358 valence electrons. The molecular weight excluding hydrogens is 810 g/mol. The molecule has 9 nitrogen and oxygen atoms in total. The van der Waals surface area contributed by atoms with E-state index < -0.39 is 32.5 Å². The van der Waals surface area contributed by atoms with Gasteiger partial charge in [-0.05, 0) is 96.3 Å². The van der Waals surface area contributed by atoms with Crippen molar-refractivity contribution in [2.24, 2.45) is 0 Å². The summed E-state index contributed by atoms with van der Waals surface area (Å²) in [5.41, 5.74) is 0. The summed E-state index contributed by atoms with van der Waals surface area (Å²) in [5, 5.41) is 0. The molecule has 0 aromatic heterocycles. The SMILES string of the molecule is CC/C=C\C/C=C\C/C=C\C/C=C\C/C=C\C/C=C\C/C=C\CCCC(=O)OC(COC(=O)CCCCCCC/C=C\C/C=C\CCCCCC)COP(=O)(O)OCC[N+](C)(C)C. The van der Waals surface area contributed by atoms with E-state index in [1.54, 1.807) is 0 Å². The van der Waals surface area contributed by atoms with Crippen molar-refractivity contribution < 1.29 is 42.1 Å². The maximum Gasteiger partial charge on any atom is 0.472 e. The number of carbonyl (C=O) groups excluding carboxylic acids is 2. The first kappa shape index (κ1) is 59.7. The van der Waals surface area contributed by atoms with Crippen molar-refractivity contribution in [3.05, 3.63) is 109 Å². The van der Waals surface area contributed by atoms with Gasteiger partial charge in [0.1, 0.15) is 19.8 Å². The first-order chi connectivity index (χ1) is 30.5. The van der Waals surface area contributed by atoms with Gasteiger partial charge in [-0.25, -0.2) is 4.57 Å². The fraction of sp³-hybridized carbons (Fsp3) is 0.623. The van der Waals surface area contributed by atoms with Crippen LogP contribution in [0.25, 0.3) is 0 Å². The molecule has 0 aliphatic carbocycles. The molecule has 63 heavy (non-hydrogen) atoms. The van der Waals surface area contributed by atoms with Gasteiger partial charge in [0.25, 0.3) is 0 Å². The number of esters is 2. The van der Waals surface area contributed by atoms with E-state index in [2.05, 4.69) is 117 Å². The van der Waals surface area contributed by atoms with Crippen molar-refractivity contribution >= 4 is 19.8 Å². The number of hydrogen-bond donors (Lipinski definition) is 1. The molecule has 0 aliphatic heterocycles. The van der Waals surface area contributed by atoms with Crippen molar-refractivity contribution in [2.75, 3.05) is 47.5 Å². The molecule has 2 unspecified atom stereocenters. The van der Waals surface area contributed by atoms with E-state index in [0.717, 1.165) is 83.5 Å². The molecule has 0 bridgehead atoms. The number of quaternary nitrogens is 1. The number of phosphoric ester groups is 1. The summed E-state index contributed by atoms with van der Waals surface area (Å²) in [5.74, 6) is -0.895. The number of rotatable bonds is 42. The number of hydrogen-bond acceptors (Lipinski definition) is 7. The first-order valence-electron chi connectivity index (χ1n) is 24.1. The summed E-state index contributed by atoms with van der Waals surface area (Å²) < 4.78 is 34.3. The first-order valence-corrected chi connectivity index (χ1v) is 25.6. The quantitative estimate of drug-likeness (QED) is 0.0212. The number of phosphoric acid groups is 1. The molecule has 0 rings (SSSR count). The molecule has 0 fully saturated rings. The van der Waals surface area contributed by atoms with Gasteiger partial charge >= 0.3 is 19.8 Å². The zero-order valence-corrected chi connectivity index (χ0v) is 41.2. The van der Waals surface area contributed by atoms with E-state index in [1.807, 2.05) is 27.2 Å². The molecule has 2 atom stereocenters. The number of allylic oxidation sites excluding steroid dienone is 18. The minimum absolute atomic E-state index is 0.0118. The summed E-state index contributed by atoms with van der Waals surface area (Å²) in [6.45, 7) is 4.18. The van der Waals surface area contributed by atoms with Gasteiger partial charge in [0.05, 0.1) is 27.7 Å². The Labute approximate surface area is 385 Å². The Morgan fingerprint density at radius 1 is 0.508 bits per heavy atom. The lowest BCUT2D eigenvalue weighted by Crippen LogP contribution is -2.37. The minimum Gasteiger partial charge on any atom is -0.462 e. The van der Waals surface area contributed by atoms with Crippen LogP contribution in [-0.4, -0.2) is 74.9 Å². The standard InChI is InChI=1S/C53H88NO8P/c1-6-8-10-12-14-16-18-20-22-24-25-26-27-28-29-30-32-34-36-38-40-42-44-46-53(56)62-51(50-61-63(57,58)60-48-47-54(3,4)5)49-59-52(55)45-43-41-39-37-35-33-31-23-21-19-17-15-13-11-9-7-2/h8,10,14,16-17,19-20,22-23,25-26,28-29,31-32,34,38,40,51H,6-7,9,11-13,15,18,21,24,27,30,33,35-37,39,41-50H2,1-5H3/p+1/b10-8-,16-14-,19-17-,22-20-,26-25-,29-28-,31-23-,34-32-,40-38-. The fourth-order valence-corrected chi connectivity index (χ4v) is 6.54. The van der Waals surface area contributed by atoms with E-state index in [1.165, 1.54) is 32.1 Å². The van der Waals surface area contributed by atoms with E-state index in [0.29, 0.717) is 30.3 Å². The average Bonchev–Trinajstić information content (AvgIpc) is 3.24. The van der Waals surface area contributed by atoms with Gasteiger partial charge in [-0.1, -0.05) is 162 Å². The Hall–Kier alpha value is -3.33. The Kier molecular flexibility index (Phi) is 41.6. The summed E-state index contributed by atoms with van der Waals surface area (Å²) in [6, 6.07) is 0. The zero-order valence-electron chi connectivity index (χ0n) is 40.3. The number of ether oxygens (including phenoxy) is 2. The topological polar surface area (TPSA) is 108 Å². The normalized spacial score (nSPS) is 14.4. The largest absolute Gasteiger partial charge is 0.472 e. The lowest BCUT2D eigenvalue weighted by atomic mass is 10.1. The van der Waals surface area contributed by atoms with Crippen LogP contribution in [0.4, 0.5) is 0 Å². The summed E-state index contributed by atoms with van der Waals surface area (Å²) in [7, 11) is 1.41. The second-order valence-corrected chi connectivity index (χ2v) is 18.2. The predicted octanol–water partition coefficient (Wildman–Crippen LogP) is 14.3. The second-order valence-electron chi connectivity index (χ2n) is 16.8. The highest BCUT2D eigenvalue weighted by Gasteiger charge is 2.27. The van der Waals surface area contributed by atoms with E-state index in [4.69, 9.17) is 18.5 Å². The van der Waals surface area contributed by atoms with Crippen molar-refractivity contribution in [3.63, 3.8) is 0 Å². The summed E-state index contributed by atoms with van der Waals surface area (Å²) >= 11 is 0. The molecule has 0 aromatic carbocycles. The third-order valence-corrected chi connectivity index (χ3v) is 10.5. The number of likely N-dealkylation sites (N-methyl/N-ethyl adjacent to an activating group) is 1. The van der Waals surface area contributed by atoms with Crippen LogP contribution in [0.3, 0.4) is 0 Å². The molecule has 0 aliphatic rings. The summed E-state index contributed by atoms with van der Waals surface area (Å²) in [6.07, 6.45) is 60.0. The van der Waals surface area contributed by atoms with Crippen LogP contribution in [0.15, 0.2) is 109 Å². The van der Waals surface area contributed by atoms with Crippen LogP contribution in [0.5, 0.6) is 0 Å².